The van der Waals surface area contributed by atoms with E-state index in [2.05, 4.69) is 4.52 Å². The molecule has 2 fully saturated rings. The molecule has 1 aromatic carbocycles. The van der Waals surface area contributed by atoms with Crippen LogP contribution in [0.5, 0.6) is 0 Å². The minimum Gasteiger partial charge on any atom is -0.320 e. The van der Waals surface area contributed by atoms with Crippen LogP contribution in [0.2, 0.25) is 0 Å². The normalized spacial score (nSPS) is 22.1. The van der Waals surface area contributed by atoms with Gasteiger partial charge in [0.2, 0.25) is 8.45 Å². The lowest BCUT2D eigenvalue weighted by atomic mass is 9.87. The Hall–Kier alpha value is -1.96. The summed E-state index contributed by atoms with van der Waals surface area (Å²) in [5.74, 6) is -66.8. The van der Waals surface area contributed by atoms with E-state index in [9.17, 15) is 83.4 Å². The minimum atomic E-state index is -8.94. The molecule has 2 heterocycles. The predicted molar refractivity (Wildman–Crippen MR) is 112 cm³/mol. The quantitative estimate of drug-likeness (QED) is 0.169. The van der Waals surface area contributed by atoms with E-state index in [4.69, 9.17) is 0 Å². The molecular weight excluding hydrogens is 688 g/mol. The number of hydrogen-bond acceptors (Lipinski definition) is 3. The summed E-state index contributed by atoms with van der Waals surface area (Å²) < 4.78 is 265. The number of benzene rings is 1. The van der Waals surface area contributed by atoms with Gasteiger partial charge < -0.3 is 9.19 Å². The molecule has 3 rings (SSSR count). The van der Waals surface area contributed by atoms with E-state index in [1.807, 2.05) is 0 Å². The summed E-state index contributed by atoms with van der Waals surface area (Å²) in [5, 5.41) is 0. The van der Waals surface area contributed by atoms with Crippen LogP contribution in [-0.2, 0) is 4.52 Å². The van der Waals surface area contributed by atoms with Crippen molar-refractivity contribution in [1.29, 1.82) is 0 Å². The van der Waals surface area contributed by atoms with Crippen LogP contribution in [-0.4, -0.2) is 84.0 Å². The van der Waals surface area contributed by atoms with Gasteiger partial charge in [0.05, 0.1) is 0 Å². The first-order chi connectivity index (χ1) is 19.5. The Kier molecular flexibility index (Phi) is 8.96. The maximum Gasteiger partial charge on any atom is 0.460 e. The van der Waals surface area contributed by atoms with E-state index in [1.165, 1.54) is 39.7 Å². The highest BCUT2D eigenvalue weighted by molar-refractivity contribution is 7.52. The van der Waals surface area contributed by atoms with Crippen molar-refractivity contribution in [2.75, 3.05) is 24.4 Å². The molecule has 2 aliphatic rings. The zero-order valence-electron chi connectivity index (χ0n) is 20.9. The van der Waals surface area contributed by atoms with Crippen LogP contribution in [0.25, 0.3) is 0 Å². The van der Waals surface area contributed by atoms with Crippen LogP contribution >= 0.6 is 8.45 Å². The molecule has 0 aromatic heterocycles. The molecule has 2 atom stereocenters. The second-order valence-electron chi connectivity index (χ2n) is 9.63. The van der Waals surface area contributed by atoms with Gasteiger partial charge in [-0.05, 0) is 25.0 Å². The molecule has 1 aromatic rings. The average Bonchev–Trinajstić information content (AvgIpc) is 3.48. The van der Waals surface area contributed by atoms with Crippen molar-refractivity contribution < 1.29 is 87.9 Å². The molecule has 23 heteroatoms. The van der Waals surface area contributed by atoms with E-state index < -0.39 is 74.7 Å². The number of anilines is 1. The summed E-state index contributed by atoms with van der Waals surface area (Å²) in [6.45, 7) is -2.94. The summed E-state index contributed by atoms with van der Waals surface area (Å²) in [7, 11) is -2.62. The number of halogens is 19. The predicted octanol–water partition coefficient (Wildman–Crippen LogP) is 8.86. The average molecular weight is 704 g/mol. The van der Waals surface area contributed by atoms with Gasteiger partial charge in [-0.15, -0.1) is 0 Å². The van der Waals surface area contributed by atoms with Crippen molar-refractivity contribution in [3.63, 3.8) is 0 Å². The van der Waals surface area contributed by atoms with E-state index in [1.54, 1.807) is 0 Å². The van der Waals surface area contributed by atoms with Crippen molar-refractivity contribution in [1.82, 2.24) is 4.67 Å². The zero-order valence-corrected chi connectivity index (χ0v) is 21.8. The van der Waals surface area contributed by atoms with E-state index in [-0.39, 0.29) is 18.8 Å². The van der Waals surface area contributed by atoms with Crippen LogP contribution < -0.4 is 4.67 Å². The second-order valence-corrected chi connectivity index (χ2v) is 11.4. The van der Waals surface area contributed by atoms with Crippen LogP contribution in [0, 0.1) is 0 Å². The second kappa shape index (κ2) is 10.8. The first-order valence-electron chi connectivity index (χ1n) is 11.7. The monoisotopic (exact) mass is 704 g/mol. The fraction of sp³-hybridized carbons (Fsp3) is 0.714. The van der Waals surface area contributed by atoms with Crippen LogP contribution in [0.4, 0.5) is 89.1 Å². The summed E-state index contributed by atoms with van der Waals surface area (Å²) in [6.07, 6.45) is -7.12. The molecule has 254 valence electrons. The van der Waals surface area contributed by atoms with E-state index in [0.717, 1.165) is 0 Å². The van der Waals surface area contributed by atoms with Gasteiger partial charge in [-0.1, -0.05) is 18.2 Å². The molecule has 2 saturated heterocycles. The molecule has 0 spiro atoms. The van der Waals surface area contributed by atoms with Gasteiger partial charge in [0.1, 0.15) is 6.61 Å². The summed E-state index contributed by atoms with van der Waals surface area (Å²) in [4.78, 5) is 0. The van der Waals surface area contributed by atoms with Crippen LogP contribution in [0.3, 0.4) is 0 Å². The number of para-hydroxylation sites is 1. The Morgan fingerprint density at radius 2 is 1.05 bits per heavy atom. The van der Waals surface area contributed by atoms with Gasteiger partial charge in [-0.25, -0.2) is 4.67 Å². The van der Waals surface area contributed by atoms with Crippen molar-refractivity contribution >= 4 is 14.1 Å². The number of nitrogens with zero attached hydrogens (tertiary/aromatic N) is 2. The third kappa shape index (κ3) is 5.04. The fourth-order valence-electron chi connectivity index (χ4n) is 4.21. The number of hydrogen-bond donors (Lipinski definition) is 0. The number of alkyl halides is 19. The SMILES string of the molecule is FC(F)(F)C(F)(F)C(F)(F)C(F)(F)C(F)(F)C(F)(F)C(F)(F)C(F)(F)C(F)(F)CO[P@@]1N(c2ccccc2)C[C@@H]2CCCN21. The largest absolute Gasteiger partial charge is 0.460 e. The lowest BCUT2D eigenvalue weighted by molar-refractivity contribution is -0.469. The molecule has 44 heavy (non-hydrogen) atoms. The minimum absolute atomic E-state index is 0.00993. The standard InChI is InChI=1S/C21H16F19N2OP/c22-13(23,10-43-44-41-8-4-7-12(41)9-42(44)11-5-2-1-3-6-11)14(24,25)15(26,27)16(28,29)17(30,31)18(32,33)19(34,35)20(36,37)21(38,39)40/h1-3,5-6,12H,4,7-10H2/t12-,44+/m0/s1. The number of fused-ring (bicyclic) bond motifs is 1. The van der Waals surface area contributed by atoms with Gasteiger partial charge in [-0.2, -0.15) is 83.4 Å². The Labute approximate surface area is 234 Å². The number of rotatable bonds is 11. The van der Waals surface area contributed by atoms with Crippen LogP contribution in [0.1, 0.15) is 12.8 Å². The highest BCUT2D eigenvalue weighted by Gasteiger charge is 2.96. The third-order valence-corrected chi connectivity index (χ3v) is 8.89. The molecule has 0 saturated carbocycles. The molecule has 2 aliphatic heterocycles. The van der Waals surface area contributed by atoms with E-state index in [0.29, 0.717) is 12.8 Å². The third-order valence-electron chi connectivity index (χ3n) is 6.75. The molecular formula is C21H16F19N2OP. The fourth-order valence-corrected chi connectivity index (χ4v) is 6.49. The molecule has 3 nitrogen and oxygen atoms in total. The highest BCUT2D eigenvalue weighted by atomic mass is 31.2. The van der Waals surface area contributed by atoms with Gasteiger partial charge >= 0.3 is 53.6 Å². The molecule has 0 bridgehead atoms. The Morgan fingerprint density at radius 1 is 0.614 bits per heavy atom. The molecule has 0 unspecified atom stereocenters. The topological polar surface area (TPSA) is 15.7 Å². The smallest absolute Gasteiger partial charge is 0.320 e. The summed E-state index contributed by atoms with van der Waals surface area (Å²) in [6, 6.07) is 6.58. The maximum atomic E-state index is 14.5. The van der Waals surface area contributed by atoms with Gasteiger partial charge in [0, 0.05) is 24.8 Å². The maximum absolute atomic E-state index is 14.5. The lowest BCUT2D eigenvalue weighted by Crippen LogP contribution is -2.76. The molecule has 0 aliphatic carbocycles. The highest BCUT2D eigenvalue weighted by Crippen LogP contribution is 2.66. The van der Waals surface area contributed by atoms with Gasteiger partial charge in [0.15, 0.2) is 0 Å². The van der Waals surface area contributed by atoms with Crippen LogP contribution in [0.15, 0.2) is 30.3 Å². The first-order valence-corrected chi connectivity index (χ1v) is 12.8. The van der Waals surface area contributed by atoms with Crippen molar-refractivity contribution in [2.24, 2.45) is 0 Å². The van der Waals surface area contributed by atoms with E-state index >= 15 is 0 Å². The van der Waals surface area contributed by atoms with Crippen molar-refractivity contribution in [3.05, 3.63) is 30.3 Å². The molecule has 0 radical (unpaired) electrons. The van der Waals surface area contributed by atoms with Crippen molar-refractivity contribution in [2.45, 2.75) is 72.4 Å². The van der Waals surface area contributed by atoms with Crippen molar-refractivity contribution in [3.8, 4) is 0 Å². The Bertz CT molecular complexity index is 1180. The molecule has 0 N–H and O–H groups in total. The Morgan fingerprint density at radius 3 is 1.50 bits per heavy atom. The summed E-state index contributed by atoms with van der Waals surface area (Å²) >= 11 is 0. The lowest BCUT2D eigenvalue weighted by Gasteiger charge is -2.43. The Balaban J connectivity index is 1.95. The first kappa shape index (κ1) is 36.5. The van der Waals surface area contributed by atoms with Gasteiger partial charge in [0.25, 0.3) is 0 Å². The summed E-state index contributed by atoms with van der Waals surface area (Å²) in [5.41, 5.74) is 0.207. The molecule has 0 amide bonds. The zero-order chi connectivity index (χ0) is 34.2. The van der Waals surface area contributed by atoms with Gasteiger partial charge in [-0.3, -0.25) is 0 Å².